The number of allylic oxidation sites excluding steroid dienone is 2. The largest absolute Gasteiger partial charge is 0.463 e. The number of hydrogen-bond donors (Lipinski definition) is 0. The quantitative estimate of drug-likeness (QED) is 0.181. The molecule has 1 heterocycles. The van der Waals surface area contributed by atoms with Crippen molar-refractivity contribution in [2.75, 3.05) is 13.2 Å². The van der Waals surface area contributed by atoms with Gasteiger partial charge in [-0.2, -0.15) is 0 Å². The minimum absolute atomic E-state index is 0.0680. The van der Waals surface area contributed by atoms with Crippen LogP contribution in [0.1, 0.15) is 84.0 Å². The molecule has 1 atom stereocenters. The van der Waals surface area contributed by atoms with Crippen molar-refractivity contribution in [3.05, 3.63) is 12.2 Å². The fourth-order valence-corrected chi connectivity index (χ4v) is 2.41. The van der Waals surface area contributed by atoms with E-state index in [1.54, 1.807) is 0 Å². The monoisotopic (exact) mass is 310 g/mol. The van der Waals surface area contributed by atoms with Crippen LogP contribution in [-0.4, -0.2) is 25.3 Å². The van der Waals surface area contributed by atoms with Crippen LogP contribution in [-0.2, 0) is 14.3 Å². The summed E-state index contributed by atoms with van der Waals surface area (Å²) in [7, 11) is 0. The average Bonchev–Trinajstić information content (AvgIpc) is 3.34. The lowest BCUT2D eigenvalue weighted by Crippen LogP contribution is -2.09. The Morgan fingerprint density at radius 1 is 1.00 bits per heavy atom. The van der Waals surface area contributed by atoms with Crippen molar-refractivity contribution in [2.24, 2.45) is 0 Å². The first-order valence-electron chi connectivity index (χ1n) is 9.25. The van der Waals surface area contributed by atoms with Gasteiger partial charge in [0.15, 0.2) is 0 Å². The van der Waals surface area contributed by atoms with Gasteiger partial charge < -0.3 is 9.47 Å². The van der Waals surface area contributed by atoms with E-state index in [-0.39, 0.29) is 12.1 Å². The molecule has 0 amide bonds. The third-order valence-electron chi connectivity index (χ3n) is 3.98. The van der Waals surface area contributed by atoms with Crippen LogP contribution in [0, 0.1) is 0 Å². The zero-order valence-electron chi connectivity index (χ0n) is 14.4. The highest BCUT2D eigenvalue weighted by Gasteiger charge is 2.23. The Morgan fingerprint density at radius 3 is 2.23 bits per heavy atom. The summed E-state index contributed by atoms with van der Waals surface area (Å²) in [6.45, 7) is 3.45. The van der Waals surface area contributed by atoms with Crippen molar-refractivity contribution in [3.63, 3.8) is 0 Å². The summed E-state index contributed by atoms with van der Waals surface area (Å²) in [6.07, 6.45) is 19.1. The molecule has 22 heavy (non-hydrogen) atoms. The number of esters is 1. The maximum atomic E-state index is 11.4. The molecule has 1 saturated heterocycles. The molecule has 0 N–H and O–H groups in total. The molecule has 3 nitrogen and oxygen atoms in total. The summed E-state index contributed by atoms with van der Waals surface area (Å²) in [4.78, 5) is 11.4. The molecule has 0 aromatic carbocycles. The van der Waals surface area contributed by atoms with Gasteiger partial charge >= 0.3 is 5.97 Å². The van der Waals surface area contributed by atoms with E-state index >= 15 is 0 Å². The smallest absolute Gasteiger partial charge is 0.305 e. The highest BCUT2D eigenvalue weighted by atomic mass is 16.6. The Hall–Kier alpha value is -0.830. The van der Waals surface area contributed by atoms with E-state index in [2.05, 4.69) is 19.1 Å². The Labute approximate surface area is 136 Å². The average molecular weight is 310 g/mol. The van der Waals surface area contributed by atoms with Gasteiger partial charge in [0.2, 0.25) is 0 Å². The van der Waals surface area contributed by atoms with Crippen LogP contribution < -0.4 is 0 Å². The van der Waals surface area contributed by atoms with Crippen LogP contribution in [0.25, 0.3) is 0 Å². The zero-order chi connectivity index (χ0) is 15.9. The van der Waals surface area contributed by atoms with Crippen LogP contribution in [0.2, 0.25) is 0 Å². The molecule has 0 aromatic heterocycles. The Kier molecular flexibility index (Phi) is 12.1. The van der Waals surface area contributed by atoms with Crippen molar-refractivity contribution >= 4 is 5.97 Å². The summed E-state index contributed by atoms with van der Waals surface area (Å²) in [6, 6.07) is 0. The molecule has 1 aliphatic rings. The standard InChI is InChI=1S/C19H34O3/c1-2-3-4-5-6-7-8-9-10-11-12-13-14-15-19(20)22-17-18-16-21-18/h7-8,18H,2-6,9-17H2,1H3/b8-7+. The maximum Gasteiger partial charge on any atom is 0.305 e. The first-order chi connectivity index (χ1) is 10.8. The number of rotatable bonds is 15. The lowest BCUT2D eigenvalue weighted by atomic mass is 10.1. The number of carbonyl (C=O) groups excluding carboxylic acids is 1. The van der Waals surface area contributed by atoms with Gasteiger partial charge in [0.05, 0.1) is 6.61 Å². The lowest BCUT2D eigenvalue weighted by Gasteiger charge is -2.02. The van der Waals surface area contributed by atoms with E-state index in [0.29, 0.717) is 13.0 Å². The lowest BCUT2D eigenvalue weighted by molar-refractivity contribution is -0.144. The minimum Gasteiger partial charge on any atom is -0.463 e. The molecule has 0 saturated carbocycles. The van der Waals surface area contributed by atoms with Gasteiger partial charge in [-0.1, -0.05) is 57.6 Å². The molecule has 1 fully saturated rings. The van der Waals surface area contributed by atoms with Crippen molar-refractivity contribution in [1.82, 2.24) is 0 Å². The first-order valence-corrected chi connectivity index (χ1v) is 9.25. The van der Waals surface area contributed by atoms with Gasteiger partial charge in [0, 0.05) is 6.42 Å². The van der Waals surface area contributed by atoms with Crippen molar-refractivity contribution < 1.29 is 14.3 Å². The van der Waals surface area contributed by atoms with E-state index < -0.39 is 0 Å². The molecule has 0 radical (unpaired) electrons. The fourth-order valence-electron chi connectivity index (χ4n) is 2.41. The molecule has 3 heteroatoms. The second kappa shape index (κ2) is 13.8. The molecule has 0 spiro atoms. The number of epoxide rings is 1. The van der Waals surface area contributed by atoms with Gasteiger partial charge in [0.25, 0.3) is 0 Å². The second-order valence-electron chi connectivity index (χ2n) is 6.27. The third-order valence-corrected chi connectivity index (χ3v) is 3.98. The molecule has 0 bridgehead atoms. The van der Waals surface area contributed by atoms with Gasteiger partial charge in [-0.05, 0) is 32.1 Å². The van der Waals surface area contributed by atoms with Crippen LogP contribution in [0.15, 0.2) is 12.2 Å². The molecular weight excluding hydrogens is 276 g/mol. The normalized spacial score (nSPS) is 17.0. The second-order valence-corrected chi connectivity index (χ2v) is 6.27. The predicted octanol–water partition coefficient (Wildman–Crippen LogP) is 5.19. The summed E-state index contributed by atoms with van der Waals surface area (Å²) in [5.74, 6) is -0.0680. The minimum atomic E-state index is -0.0680. The molecule has 0 aliphatic carbocycles. The van der Waals surface area contributed by atoms with Crippen molar-refractivity contribution in [3.8, 4) is 0 Å². The van der Waals surface area contributed by atoms with Gasteiger partial charge in [0.1, 0.15) is 12.7 Å². The first kappa shape index (κ1) is 19.2. The molecular formula is C19H34O3. The van der Waals surface area contributed by atoms with Gasteiger partial charge in [-0.3, -0.25) is 4.79 Å². The van der Waals surface area contributed by atoms with E-state index in [1.165, 1.54) is 57.8 Å². The number of unbranched alkanes of at least 4 members (excludes halogenated alkanes) is 9. The molecule has 1 rings (SSSR count). The summed E-state index contributed by atoms with van der Waals surface area (Å²) in [5.41, 5.74) is 0. The van der Waals surface area contributed by atoms with Crippen LogP contribution >= 0.6 is 0 Å². The highest BCUT2D eigenvalue weighted by molar-refractivity contribution is 5.69. The number of ether oxygens (including phenoxy) is 2. The van der Waals surface area contributed by atoms with E-state index in [9.17, 15) is 4.79 Å². The van der Waals surface area contributed by atoms with Gasteiger partial charge in [-0.15, -0.1) is 0 Å². The summed E-state index contributed by atoms with van der Waals surface area (Å²) in [5, 5.41) is 0. The van der Waals surface area contributed by atoms with Gasteiger partial charge in [-0.25, -0.2) is 0 Å². The third kappa shape index (κ3) is 12.9. The van der Waals surface area contributed by atoms with Crippen LogP contribution in [0.4, 0.5) is 0 Å². The zero-order valence-corrected chi connectivity index (χ0v) is 14.4. The summed E-state index contributed by atoms with van der Waals surface area (Å²) >= 11 is 0. The number of hydrogen-bond acceptors (Lipinski definition) is 3. The predicted molar refractivity (Wildman–Crippen MR) is 90.9 cm³/mol. The number of carbonyl (C=O) groups is 1. The topological polar surface area (TPSA) is 38.8 Å². The van der Waals surface area contributed by atoms with E-state index in [4.69, 9.17) is 9.47 Å². The highest BCUT2D eigenvalue weighted by Crippen LogP contribution is 2.11. The Balaban J connectivity index is 1.73. The van der Waals surface area contributed by atoms with E-state index in [1.807, 2.05) is 0 Å². The van der Waals surface area contributed by atoms with Crippen molar-refractivity contribution in [2.45, 2.75) is 90.1 Å². The van der Waals surface area contributed by atoms with Crippen LogP contribution in [0.3, 0.4) is 0 Å². The van der Waals surface area contributed by atoms with Crippen molar-refractivity contribution in [1.29, 1.82) is 0 Å². The summed E-state index contributed by atoms with van der Waals surface area (Å²) < 4.78 is 10.1. The maximum absolute atomic E-state index is 11.4. The fraction of sp³-hybridized carbons (Fsp3) is 0.842. The Bertz CT molecular complexity index is 295. The SMILES string of the molecule is CCCCCC/C=C/CCCCCCCC(=O)OCC1CO1. The molecule has 1 unspecified atom stereocenters. The van der Waals surface area contributed by atoms with E-state index in [0.717, 1.165) is 19.4 Å². The molecule has 0 aromatic rings. The molecule has 128 valence electrons. The Morgan fingerprint density at radius 2 is 1.59 bits per heavy atom. The van der Waals surface area contributed by atoms with Crippen LogP contribution in [0.5, 0.6) is 0 Å². The molecule has 1 aliphatic heterocycles.